The normalized spacial score (nSPS) is 12.8. The molecule has 0 heterocycles. The van der Waals surface area contributed by atoms with E-state index in [1.807, 2.05) is 0 Å². The fourth-order valence-corrected chi connectivity index (χ4v) is 2.82. The second kappa shape index (κ2) is 6.72. The van der Waals surface area contributed by atoms with Crippen LogP contribution in [0.3, 0.4) is 0 Å². The minimum Gasteiger partial charge on any atom is -0.310 e. The molecule has 1 nitrogen and oxygen atoms in total. The van der Waals surface area contributed by atoms with E-state index in [2.05, 4.69) is 62.5 Å². The molecular formula is C18H25N. The standard InChI is InChI=1S/C18H25N/c1-4-8-17(19-13-5-2)18-14(3)11-12-15-9-6-7-10-16(15)18/h6-7,9-12,17,19H,4-5,8,13H2,1-3H3. The van der Waals surface area contributed by atoms with E-state index in [0.29, 0.717) is 6.04 Å². The largest absolute Gasteiger partial charge is 0.310 e. The van der Waals surface area contributed by atoms with Crippen LogP contribution in [-0.2, 0) is 0 Å². The van der Waals surface area contributed by atoms with Crippen LogP contribution in [0.2, 0.25) is 0 Å². The lowest BCUT2D eigenvalue weighted by atomic mass is 9.92. The van der Waals surface area contributed by atoms with Gasteiger partial charge in [0, 0.05) is 6.04 Å². The van der Waals surface area contributed by atoms with E-state index in [1.165, 1.54) is 41.2 Å². The van der Waals surface area contributed by atoms with Gasteiger partial charge in [0.2, 0.25) is 0 Å². The number of hydrogen-bond donors (Lipinski definition) is 1. The molecule has 0 saturated heterocycles. The first-order valence-corrected chi connectivity index (χ1v) is 7.49. The first-order chi connectivity index (χ1) is 9.27. The number of rotatable bonds is 6. The van der Waals surface area contributed by atoms with Crippen molar-refractivity contribution in [3.8, 4) is 0 Å². The van der Waals surface area contributed by atoms with Crippen LogP contribution in [0.5, 0.6) is 0 Å². The van der Waals surface area contributed by atoms with Crippen molar-refractivity contribution in [2.24, 2.45) is 0 Å². The van der Waals surface area contributed by atoms with Gasteiger partial charge in [-0.15, -0.1) is 0 Å². The summed E-state index contributed by atoms with van der Waals surface area (Å²) < 4.78 is 0. The maximum absolute atomic E-state index is 3.72. The van der Waals surface area contributed by atoms with E-state index >= 15 is 0 Å². The summed E-state index contributed by atoms with van der Waals surface area (Å²) in [4.78, 5) is 0. The molecule has 2 aromatic carbocycles. The first kappa shape index (κ1) is 14.1. The molecule has 0 fully saturated rings. The van der Waals surface area contributed by atoms with Crippen LogP contribution < -0.4 is 5.32 Å². The molecule has 1 atom stereocenters. The SMILES string of the molecule is CCCNC(CCC)c1c(C)ccc2ccccc12. The van der Waals surface area contributed by atoms with Gasteiger partial charge in [-0.3, -0.25) is 0 Å². The highest BCUT2D eigenvalue weighted by molar-refractivity contribution is 5.87. The summed E-state index contributed by atoms with van der Waals surface area (Å²) in [6.07, 6.45) is 3.60. The van der Waals surface area contributed by atoms with Crippen LogP contribution in [0.15, 0.2) is 36.4 Å². The van der Waals surface area contributed by atoms with Gasteiger partial charge >= 0.3 is 0 Å². The highest BCUT2D eigenvalue weighted by Crippen LogP contribution is 2.30. The van der Waals surface area contributed by atoms with E-state index < -0.39 is 0 Å². The monoisotopic (exact) mass is 255 g/mol. The Kier molecular flexibility index (Phi) is 4.98. The predicted molar refractivity (Wildman–Crippen MR) is 84.6 cm³/mol. The predicted octanol–water partition coefficient (Wildman–Crippen LogP) is 4.99. The lowest BCUT2D eigenvalue weighted by Crippen LogP contribution is -2.23. The maximum Gasteiger partial charge on any atom is 0.0328 e. The van der Waals surface area contributed by atoms with Crippen molar-refractivity contribution in [3.05, 3.63) is 47.5 Å². The summed E-state index contributed by atoms with van der Waals surface area (Å²) in [7, 11) is 0. The second-order valence-corrected chi connectivity index (χ2v) is 5.31. The molecule has 0 aliphatic rings. The minimum absolute atomic E-state index is 0.482. The lowest BCUT2D eigenvalue weighted by molar-refractivity contribution is 0.495. The minimum atomic E-state index is 0.482. The second-order valence-electron chi connectivity index (χ2n) is 5.31. The molecule has 102 valence electrons. The van der Waals surface area contributed by atoms with Crippen LogP contribution in [-0.4, -0.2) is 6.54 Å². The van der Waals surface area contributed by atoms with Gasteiger partial charge in [0.1, 0.15) is 0 Å². The zero-order valence-corrected chi connectivity index (χ0v) is 12.4. The molecular weight excluding hydrogens is 230 g/mol. The Morgan fingerprint density at radius 1 is 1.00 bits per heavy atom. The molecule has 1 heteroatoms. The molecule has 0 bridgehead atoms. The Morgan fingerprint density at radius 2 is 1.79 bits per heavy atom. The highest BCUT2D eigenvalue weighted by Gasteiger charge is 2.15. The van der Waals surface area contributed by atoms with Gasteiger partial charge in [-0.25, -0.2) is 0 Å². The van der Waals surface area contributed by atoms with Gasteiger partial charge in [-0.2, -0.15) is 0 Å². The van der Waals surface area contributed by atoms with Crippen molar-refractivity contribution in [1.29, 1.82) is 0 Å². The van der Waals surface area contributed by atoms with Gasteiger partial charge in [-0.05, 0) is 48.2 Å². The van der Waals surface area contributed by atoms with Crippen LogP contribution >= 0.6 is 0 Å². The highest BCUT2D eigenvalue weighted by atomic mass is 14.9. The first-order valence-electron chi connectivity index (χ1n) is 7.49. The smallest absolute Gasteiger partial charge is 0.0328 e. The molecule has 0 spiro atoms. The third-order valence-corrected chi connectivity index (χ3v) is 3.76. The zero-order valence-electron chi connectivity index (χ0n) is 12.4. The molecule has 0 radical (unpaired) electrons. The molecule has 0 aliphatic heterocycles. The maximum atomic E-state index is 3.72. The molecule has 0 saturated carbocycles. The number of aryl methyl sites for hydroxylation is 1. The van der Waals surface area contributed by atoms with Gasteiger partial charge in [-0.1, -0.05) is 56.7 Å². The molecule has 0 amide bonds. The van der Waals surface area contributed by atoms with Crippen molar-refractivity contribution in [3.63, 3.8) is 0 Å². The summed E-state index contributed by atoms with van der Waals surface area (Å²) in [6.45, 7) is 7.82. The van der Waals surface area contributed by atoms with Gasteiger partial charge in [0.05, 0.1) is 0 Å². The third-order valence-electron chi connectivity index (χ3n) is 3.76. The quantitative estimate of drug-likeness (QED) is 0.767. The van der Waals surface area contributed by atoms with Gasteiger partial charge in [0.25, 0.3) is 0 Å². The zero-order chi connectivity index (χ0) is 13.7. The van der Waals surface area contributed by atoms with E-state index in [0.717, 1.165) is 6.54 Å². The molecule has 2 aromatic rings. The third kappa shape index (κ3) is 3.16. The average molecular weight is 255 g/mol. The summed E-state index contributed by atoms with van der Waals surface area (Å²) in [5, 5.41) is 6.48. The van der Waals surface area contributed by atoms with E-state index in [-0.39, 0.29) is 0 Å². The molecule has 0 aliphatic carbocycles. The van der Waals surface area contributed by atoms with Crippen molar-refractivity contribution in [1.82, 2.24) is 5.32 Å². The van der Waals surface area contributed by atoms with Crippen LogP contribution in [0.4, 0.5) is 0 Å². The van der Waals surface area contributed by atoms with Crippen molar-refractivity contribution in [2.75, 3.05) is 6.54 Å². The Balaban J connectivity index is 2.47. The van der Waals surface area contributed by atoms with Crippen LogP contribution in [0, 0.1) is 6.92 Å². The fraction of sp³-hybridized carbons (Fsp3) is 0.444. The summed E-state index contributed by atoms with van der Waals surface area (Å²) in [5.41, 5.74) is 2.90. The molecule has 2 rings (SSSR count). The fourth-order valence-electron chi connectivity index (χ4n) is 2.82. The molecule has 1 N–H and O–H groups in total. The van der Waals surface area contributed by atoms with E-state index in [1.54, 1.807) is 0 Å². The Hall–Kier alpha value is -1.34. The van der Waals surface area contributed by atoms with Crippen LogP contribution in [0.1, 0.15) is 50.3 Å². The summed E-state index contributed by atoms with van der Waals surface area (Å²) in [5.74, 6) is 0. The van der Waals surface area contributed by atoms with Crippen molar-refractivity contribution in [2.45, 2.75) is 46.1 Å². The topological polar surface area (TPSA) is 12.0 Å². The van der Waals surface area contributed by atoms with E-state index in [9.17, 15) is 0 Å². The summed E-state index contributed by atoms with van der Waals surface area (Å²) >= 11 is 0. The number of fused-ring (bicyclic) bond motifs is 1. The summed E-state index contributed by atoms with van der Waals surface area (Å²) in [6, 6.07) is 13.7. The Labute approximate surface area is 117 Å². The van der Waals surface area contributed by atoms with Crippen molar-refractivity contribution >= 4 is 10.8 Å². The van der Waals surface area contributed by atoms with Gasteiger partial charge in [0.15, 0.2) is 0 Å². The molecule has 19 heavy (non-hydrogen) atoms. The van der Waals surface area contributed by atoms with Crippen LogP contribution in [0.25, 0.3) is 10.8 Å². The van der Waals surface area contributed by atoms with Gasteiger partial charge < -0.3 is 5.32 Å². The lowest BCUT2D eigenvalue weighted by Gasteiger charge is -2.22. The number of benzene rings is 2. The Bertz CT molecular complexity index is 530. The molecule has 1 unspecified atom stereocenters. The number of hydrogen-bond acceptors (Lipinski definition) is 1. The molecule has 0 aromatic heterocycles. The van der Waals surface area contributed by atoms with Crippen molar-refractivity contribution < 1.29 is 0 Å². The average Bonchev–Trinajstić information content (AvgIpc) is 2.44. The number of nitrogens with one attached hydrogen (secondary N) is 1. The Morgan fingerprint density at radius 3 is 2.53 bits per heavy atom. The van der Waals surface area contributed by atoms with E-state index in [4.69, 9.17) is 0 Å².